The van der Waals surface area contributed by atoms with Crippen LogP contribution in [0.3, 0.4) is 0 Å². The first-order valence-corrected chi connectivity index (χ1v) is 9.20. The van der Waals surface area contributed by atoms with Crippen LogP contribution in [0.25, 0.3) is 0 Å². The number of nitrogens with zero attached hydrogens (tertiary/aromatic N) is 1. The van der Waals surface area contributed by atoms with Crippen LogP contribution < -0.4 is 5.32 Å². The lowest BCUT2D eigenvalue weighted by atomic mass is 10.1. The second-order valence-corrected chi connectivity index (χ2v) is 7.52. The molecule has 0 unspecified atom stereocenters. The van der Waals surface area contributed by atoms with Gasteiger partial charge in [-0.25, -0.2) is 0 Å². The van der Waals surface area contributed by atoms with Gasteiger partial charge in [-0.05, 0) is 31.0 Å². The average Bonchev–Trinajstić information content (AvgIpc) is 2.60. The third-order valence-corrected chi connectivity index (χ3v) is 5.57. The second kappa shape index (κ2) is 8.56. The quantitative estimate of drug-likeness (QED) is 0.504. The molecule has 1 atom stereocenters. The zero-order valence-corrected chi connectivity index (χ0v) is 15.9. The zero-order valence-electron chi connectivity index (χ0n) is 13.6. The van der Waals surface area contributed by atoms with Gasteiger partial charge in [0.1, 0.15) is 0 Å². The van der Waals surface area contributed by atoms with Gasteiger partial charge in [0.2, 0.25) is 5.91 Å². The number of thioether (sulfide) groups is 1. The van der Waals surface area contributed by atoms with E-state index in [1.54, 1.807) is 24.3 Å². The number of carbonyl (C=O) groups excluding carboxylic acids is 1. The molecule has 0 saturated heterocycles. The number of hydrogen-bond acceptors (Lipinski definition) is 4. The highest BCUT2D eigenvalue weighted by Crippen LogP contribution is 2.34. The topological polar surface area (TPSA) is 72.2 Å². The van der Waals surface area contributed by atoms with E-state index in [2.05, 4.69) is 5.32 Å². The SMILES string of the molecule is Cc1ccc(Cl)c(NC(=O)CS[C@@H](C)c2cccc([N+](=O)[O-])c2)c1Cl. The lowest BCUT2D eigenvalue weighted by Crippen LogP contribution is -2.15. The van der Waals surface area contributed by atoms with Gasteiger partial charge >= 0.3 is 0 Å². The fourth-order valence-electron chi connectivity index (χ4n) is 2.13. The molecule has 0 aliphatic carbocycles. The summed E-state index contributed by atoms with van der Waals surface area (Å²) in [6.07, 6.45) is 0. The Labute approximate surface area is 159 Å². The molecule has 132 valence electrons. The van der Waals surface area contributed by atoms with Crippen molar-refractivity contribution < 1.29 is 9.72 Å². The van der Waals surface area contributed by atoms with E-state index >= 15 is 0 Å². The maximum atomic E-state index is 12.2. The Morgan fingerprint density at radius 2 is 2.04 bits per heavy atom. The summed E-state index contributed by atoms with van der Waals surface area (Å²) in [5.41, 5.74) is 2.04. The van der Waals surface area contributed by atoms with E-state index in [1.807, 2.05) is 13.8 Å². The van der Waals surface area contributed by atoms with Crippen molar-refractivity contribution in [1.82, 2.24) is 0 Å². The Hall–Kier alpha value is -1.76. The lowest BCUT2D eigenvalue weighted by molar-refractivity contribution is -0.384. The molecule has 0 aliphatic heterocycles. The summed E-state index contributed by atoms with van der Waals surface area (Å²) in [4.78, 5) is 22.6. The fourth-order valence-corrected chi connectivity index (χ4v) is 3.41. The van der Waals surface area contributed by atoms with Crippen LogP contribution >= 0.6 is 35.0 Å². The van der Waals surface area contributed by atoms with E-state index in [0.29, 0.717) is 15.7 Å². The van der Waals surface area contributed by atoms with Crippen molar-refractivity contribution in [3.8, 4) is 0 Å². The van der Waals surface area contributed by atoms with Crippen molar-refractivity contribution in [2.24, 2.45) is 0 Å². The largest absolute Gasteiger partial charge is 0.323 e. The first-order valence-electron chi connectivity index (χ1n) is 7.40. The number of aryl methyl sites for hydroxylation is 1. The van der Waals surface area contributed by atoms with Crippen LogP contribution in [0.5, 0.6) is 0 Å². The number of rotatable bonds is 6. The van der Waals surface area contributed by atoms with Crippen molar-refractivity contribution in [3.63, 3.8) is 0 Å². The number of non-ortho nitro benzene ring substituents is 1. The van der Waals surface area contributed by atoms with Crippen molar-refractivity contribution in [2.45, 2.75) is 19.1 Å². The number of anilines is 1. The van der Waals surface area contributed by atoms with E-state index in [1.165, 1.54) is 23.9 Å². The number of nitrogens with one attached hydrogen (secondary N) is 1. The smallest absolute Gasteiger partial charge is 0.269 e. The molecule has 1 amide bonds. The van der Waals surface area contributed by atoms with Gasteiger partial charge in [-0.15, -0.1) is 11.8 Å². The van der Waals surface area contributed by atoms with Crippen molar-refractivity contribution in [1.29, 1.82) is 0 Å². The molecule has 0 aromatic heterocycles. The first-order chi connectivity index (χ1) is 11.8. The van der Waals surface area contributed by atoms with Crippen LogP contribution in [-0.4, -0.2) is 16.6 Å². The molecule has 5 nitrogen and oxygen atoms in total. The van der Waals surface area contributed by atoms with E-state index in [9.17, 15) is 14.9 Å². The van der Waals surface area contributed by atoms with Gasteiger partial charge in [-0.1, -0.05) is 41.4 Å². The van der Waals surface area contributed by atoms with Gasteiger partial charge in [0.25, 0.3) is 5.69 Å². The predicted octanol–water partition coefficient (Wildman–Crippen LogP) is 5.64. The van der Waals surface area contributed by atoms with Crippen molar-refractivity contribution in [2.75, 3.05) is 11.1 Å². The maximum absolute atomic E-state index is 12.2. The van der Waals surface area contributed by atoms with Crippen LogP contribution in [-0.2, 0) is 4.79 Å². The Morgan fingerprint density at radius 1 is 1.32 bits per heavy atom. The summed E-state index contributed by atoms with van der Waals surface area (Å²) < 4.78 is 0. The summed E-state index contributed by atoms with van der Waals surface area (Å²) in [6, 6.07) is 9.85. The average molecular weight is 399 g/mol. The summed E-state index contributed by atoms with van der Waals surface area (Å²) in [6.45, 7) is 3.72. The molecule has 8 heteroatoms. The minimum atomic E-state index is -0.435. The van der Waals surface area contributed by atoms with E-state index in [0.717, 1.165) is 11.1 Å². The van der Waals surface area contributed by atoms with E-state index in [-0.39, 0.29) is 22.6 Å². The molecule has 0 spiro atoms. The standard InChI is InChI=1S/C17H16Cl2N2O3S/c1-10-6-7-14(18)17(16(10)19)20-15(22)9-25-11(2)12-4-3-5-13(8-12)21(23)24/h3-8,11H,9H2,1-2H3,(H,20,22)/t11-/m0/s1. The molecule has 2 aromatic carbocycles. The number of halogens is 2. The van der Waals surface area contributed by atoms with Crippen LogP contribution in [0.15, 0.2) is 36.4 Å². The van der Waals surface area contributed by atoms with E-state index in [4.69, 9.17) is 23.2 Å². The maximum Gasteiger partial charge on any atom is 0.269 e. The highest BCUT2D eigenvalue weighted by molar-refractivity contribution is 8.00. The highest BCUT2D eigenvalue weighted by atomic mass is 35.5. The molecule has 25 heavy (non-hydrogen) atoms. The Balaban J connectivity index is 1.99. The number of amides is 1. The highest BCUT2D eigenvalue weighted by Gasteiger charge is 2.15. The minimum absolute atomic E-state index is 0.0349. The van der Waals surface area contributed by atoms with Crippen LogP contribution in [0, 0.1) is 17.0 Å². The number of hydrogen-bond donors (Lipinski definition) is 1. The summed E-state index contributed by atoms with van der Waals surface area (Å²) >= 11 is 13.6. The molecule has 0 heterocycles. The third kappa shape index (κ3) is 5.11. The molecule has 0 saturated carbocycles. The molecule has 2 aromatic rings. The third-order valence-electron chi connectivity index (χ3n) is 3.56. The van der Waals surface area contributed by atoms with Gasteiger partial charge in [-0.2, -0.15) is 0 Å². The molecule has 0 aliphatic rings. The normalized spacial score (nSPS) is 11.8. The van der Waals surface area contributed by atoms with Gasteiger partial charge in [0, 0.05) is 17.4 Å². The van der Waals surface area contributed by atoms with Gasteiger partial charge < -0.3 is 5.32 Å². The number of nitro groups is 1. The van der Waals surface area contributed by atoms with Crippen LogP contribution in [0.1, 0.15) is 23.3 Å². The zero-order chi connectivity index (χ0) is 18.6. The molecule has 0 radical (unpaired) electrons. The monoisotopic (exact) mass is 398 g/mol. The molecule has 2 rings (SSSR count). The van der Waals surface area contributed by atoms with Crippen LogP contribution in [0.4, 0.5) is 11.4 Å². The Bertz CT molecular complexity index is 814. The Kier molecular flexibility index (Phi) is 6.70. The fraction of sp³-hybridized carbons (Fsp3) is 0.235. The van der Waals surface area contributed by atoms with Gasteiger partial charge in [-0.3, -0.25) is 14.9 Å². The number of nitro benzene ring substituents is 1. The lowest BCUT2D eigenvalue weighted by Gasteiger charge is -2.13. The van der Waals surface area contributed by atoms with Crippen molar-refractivity contribution >= 4 is 52.2 Å². The molecular weight excluding hydrogens is 383 g/mol. The summed E-state index contributed by atoms with van der Waals surface area (Å²) in [5, 5.41) is 14.3. The van der Waals surface area contributed by atoms with Gasteiger partial charge in [0.05, 0.1) is 26.4 Å². The van der Waals surface area contributed by atoms with Crippen molar-refractivity contribution in [3.05, 3.63) is 67.7 Å². The molecule has 0 fully saturated rings. The summed E-state index contributed by atoms with van der Waals surface area (Å²) in [7, 11) is 0. The van der Waals surface area contributed by atoms with Crippen LogP contribution in [0.2, 0.25) is 10.0 Å². The molecule has 1 N–H and O–H groups in total. The number of carbonyl (C=O) groups is 1. The van der Waals surface area contributed by atoms with E-state index < -0.39 is 4.92 Å². The first kappa shape index (κ1) is 19.6. The predicted molar refractivity (Wildman–Crippen MR) is 104 cm³/mol. The minimum Gasteiger partial charge on any atom is -0.323 e. The van der Waals surface area contributed by atoms with Gasteiger partial charge in [0.15, 0.2) is 0 Å². The molecule has 0 bridgehead atoms. The number of benzene rings is 2. The second-order valence-electron chi connectivity index (χ2n) is 5.41. The summed E-state index contributed by atoms with van der Waals surface area (Å²) in [5.74, 6) is -0.0681. The molecular formula is C17H16Cl2N2O3S. The Morgan fingerprint density at radius 3 is 2.72 bits per heavy atom.